The van der Waals surface area contributed by atoms with Crippen LogP contribution in [0.1, 0.15) is 44.5 Å². The van der Waals surface area contributed by atoms with Crippen molar-refractivity contribution in [2.24, 2.45) is 0 Å². The van der Waals surface area contributed by atoms with Crippen LogP contribution in [-0.4, -0.2) is 61.8 Å². The van der Waals surface area contributed by atoms with Crippen molar-refractivity contribution in [1.82, 2.24) is 19.1 Å². The van der Waals surface area contributed by atoms with E-state index in [2.05, 4.69) is 10.2 Å². The number of hydrogen-bond donors (Lipinski definition) is 0. The van der Waals surface area contributed by atoms with Gasteiger partial charge in [-0.2, -0.15) is 0 Å². The second-order valence-electron chi connectivity index (χ2n) is 9.24. The topological polar surface area (TPSA) is 105 Å². The van der Waals surface area contributed by atoms with Gasteiger partial charge in [-0.1, -0.05) is 43.1 Å². The summed E-state index contributed by atoms with van der Waals surface area (Å²) in [6.45, 7) is 4.95. The van der Waals surface area contributed by atoms with Crippen LogP contribution in [0.25, 0.3) is 11.4 Å². The number of sulfonamides is 2. The molecule has 3 aromatic rings. The smallest absolute Gasteiger partial charge is 0.264 e. The highest BCUT2D eigenvalue weighted by molar-refractivity contribution is 7.92. The molecule has 0 spiro atoms. The van der Waals surface area contributed by atoms with Gasteiger partial charge < -0.3 is 4.57 Å². The van der Waals surface area contributed by atoms with E-state index in [1.54, 1.807) is 48.5 Å². The molecule has 2 aromatic carbocycles. The molecule has 9 nitrogen and oxygen atoms in total. The predicted molar refractivity (Wildman–Crippen MR) is 146 cm³/mol. The SMILES string of the molecule is CCCCN(c1ccc(Cl)cc1-c1nnc(C)n1C1CCN(S(C)(=O)=O)CC1)S(=O)(=O)c1ccccc1. The number of piperidine rings is 1. The van der Waals surface area contributed by atoms with E-state index in [1.165, 1.54) is 14.9 Å². The zero-order valence-electron chi connectivity index (χ0n) is 21.2. The molecule has 0 radical (unpaired) electrons. The van der Waals surface area contributed by atoms with Gasteiger partial charge in [0.05, 0.1) is 16.8 Å². The van der Waals surface area contributed by atoms with Crippen molar-refractivity contribution in [1.29, 1.82) is 0 Å². The van der Waals surface area contributed by atoms with E-state index in [0.29, 0.717) is 66.8 Å². The monoisotopic (exact) mass is 565 g/mol. The maximum absolute atomic E-state index is 13.8. The first-order valence-corrected chi connectivity index (χ1v) is 15.9. The Morgan fingerprint density at radius 3 is 2.32 bits per heavy atom. The fraction of sp³-hybridized carbons (Fsp3) is 0.440. The summed E-state index contributed by atoms with van der Waals surface area (Å²) in [5.41, 5.74) is 1.04. The van der Waals surface area contributed by atoms with Crippen molar-refractivity contribution in [2.75, 3.05) is 30.2 Å². The largest absolute Gasteiger partial charge is 0.308 e. The Hall–Kier alpha value is -2.47. The van der Waals surface area contributed by atoms with Crippen molar-refractivity contribution in [3.8, 4) is 11.4 Å². The minimum atomic E-state index is -3.86. The summed E-state index contributed by atoms with van der Waals surface area (Å²) < 4.78 is 56.5. The fourth-order valence-electron chi connectivity index (χ4n) is 4.72. The summed E-state index contributed by atoms with van der Waals surface area (Å²) in [4.78, 5) is 0.206. The second kappa shape index (κ2) is 11.1. The molecular weight excluding hydrogens is 534 g/mol. The average Bonchev–Trinajstić information content (AvgIpc) is 3.26. The minimum Gasteiger partial charge on any atom is -0.308 e. The van der Waals surface area contributed by atoms with Gasteiger partial charge in [-0.15, -0.1) is 10.2 Å². The lowest BCUT2D eigenvalue weighted by atomic mass is 10.0. The number of aryl methyl sites for hydroxylation is 1. The Balaban J connectivity index is 1.81. The van der Waals surface area contributed by atoms with Gasteiger partial charge in [0.2, 0.25) is 10.0 Å². The quantitative estimate of drug-likeness (QED) is 0.378. The maximum atomic E-state index is 13.8. The number of benzene rings is 2. The fourth-order valence-corrected chi connectivity index (χ4v) is 7.31. The number of aromatic nitrogens is 3. The van der Waals surface area contributed by atoms with E-state index in [9.17, 15) is 16.8 Å². The molecular formula is C25H32ClN5O4S2. The van der Waals surface area contributed by atoms with Gasteiger partial charge >= 0.3 is 0 Å². The van der Waals surface area contributed by atoms with Gasteiger partial charge in [0.15, 0.2) is 5.82 Å². The molecule has 12 heteroatoms. The van der Waals surface area contributed by atoms with Crippen LogP contribution in [0.4, 0.5) is 5.69 Å². The summed E-state index contributed by atoms with van der Waals surface area (Å²) in [5.74, 6) is 1.18. The molecule has 0 aliphatic carbocycles. The molecule has 2 heterocycles. The summed E-state index contributed by atoms with van der Waals surface area (Å²) in [7, 11) is -7.13. The number of nitrogens with zero attached hydrogens (tertiary/aromatic N) is 5. The van der Waals surface area contributed by atoms with Crippen LogP contribution < -0.4 is 4.31 Å². The van der Waals surface area contributed by atoms with Gasteiger partial charge in [-0.05, 0) is 56.5 Å². The van der Waals surface area contributed by atoms with E-state index in [4.69, 9.17) is 11.6 Å². The highest BCUT2D eigenvalue weighted by Gasteiger charge is 2.32. The number of rotatable bonds is 9. The predicted octanol–water partition coefficient (Wildman–Crippen LogP) is 4.50. The standard InChI is InChI=1S/C25H32ClN5O4S2/c1-4-5-15-30(37(34,35)22-9-7-6-8-10-22)24-12-11-20(26)18-23(24)25-28-27-19(2)31(25)21-13-16-29(17-14-21)36(3,32)33/h6-12,18,21H,4-5,13-17H2,1-3H3. The van der Waals surface area contributed by atoms with Crippen LogP contribution in [-0.2, 0) is 20.0 Å². The van der Waals surface area contributed by atoms with E-state index < -0.39 is 20.0 Å². The lowest BCUT2D eigenvalue weighted by Crippen LogP contribution is -2.38. The molecule has 0 bridgehead atoms. The van der Waals surface area contributed by atoms with Gasteiger partial charge in [-0.3, -0.25) is 4.31 Å². The molecule has 1 aliphatic heterocycles. The van der Waals surface area contributed by atoms with Gasteiger partial charge in [-0.25, -0.2) is 21.1 Å². The number of unbranched alkanes of at least 4 members (excludes halogenated alkanes) is 1. The number of hydrogen-bond acceptors (Lipinski definition) is 6. The van der Waals surface area contributed by atoms with Crippen molar-refractivity contribution in [3.05, 3.63) is 59.4 Å². The lowest BCUT2D eigenvalue weighted by Gasteiger charge is -2.32. The van der Waals surface area contributed by atoms with Crippen LogP contribution in [0.2, 0.25) is 5.02 Å². The first kappa shape index (κ1) is 27.6. The third kappa shape index (κ3) is 5.84. The van der Waals surface area contributed by atoms with Crippen LogP contribution in [0.5, 0.6) is 0 Å². The summed E-state index contributed by atoms with van der Waals surface area (Å²) >= 11 is 6.42. The summed E-state index contributed by atoms with van der Waals surface area (Å²) in [6, 6.07) is 13.5. The van der Waals surface area contributed by atoms with Gasteiger partial charge in [0.25, 0.3) is 10.0 Å². The molecule has 1 fully saturated rings. The van der Waals surface area contributed by atoms with Crippen molar-refractivity contribution in [2.45, 2.75) is 50.5 Å². The Morgan fingerprint density at radius 1 is 1.03 bits per heavy atom. The van der Waals surface area contributed by atoms with Gasteiger partial charge in [0.1, 0.15) is 5.82 Å². The average molecular weight is 566 g/mol. The number of anilines is 1. The summed E-state index contributed by atoms with van der Waals surface area (Å²) in [6.07, 6.45) is 3.90. The third-order valence-electron chi connectivity index (χ3n) is 6.64. The Labute approximate surface area is 224 Å². The van der Waals surface area contributed by atoms with E-state index >= 15 is 0 Å². The molecule has 0 unspecified atom stereocenters. The normalized spacial score (nSPS) is 15.7. The molecule has 0 N–H and O–H groups in total. The van der Waals surface area contributed by atoms with E-state index in [1.807, 2.05) is 18.4 Å². The third-order valence-corrected chi connectivity index (χ3v) is 10.0. The Morgan fingerprint density at radius 2 is 1.70 bits per heavy atom. The minimum absolute atomic E-state index is 0.0374. The zero-order valence-corrected chi connectivity index (χ0v) is 23.6. The highest BCUT2D eigenvalue weighted by Crippen LogP contribution is 2.38. The van der Waals surface area contributed by atoms with E-state index in [-0.39, 0.29) is 10.9 Å². The van der Waals surface area contributed by atoms with Crippen LogP contribution in [0.15, 0.2) is 53.4 Å². The molecule has 0 amide bonds. The maximum Gasteiger partial charge on any atom is 0.264 e. The van der Waals surface area contributed by atoms with Crippen LogP contribution in [0.3, 0.4) is 0 Å². The molecule has 37 heavy (non-hydrogen) atoms. The summed E-state index contributed by atoms with van der Waals surface area (Å²) in [5, 5.41) is 9.22. The molecule has 0 atom stereocenters. The van der Waals surface area contributed by atoms with Crippen molar-refractivity contribution in [3.63, 3.8) is 0 Å². The van der Waals surface area contributed by atoms with Crippen LogP contribution in [0, 0.1) is 6.92 Å². The molecule has 0 saturated carbocycles. The molecule has 1 saturated heterocycles. The first-order valence-electron chi connectivity index (χ1n) is 12.3. The van der Waals surface area contributed by atoms with Crippen LogP contribution >= 0.6 is 11.6 Å². The lowest BCUT2D eigenvalue weighted by molar-refractivity contribution is 0.274. The number of halogens is 1. The molecule has 1 aliphatic rings. The highest BCUT2D eigenvalue weighted by atomic mass is 35.5. The molecule has 1 aromatic heterocycles. The molecule has 200 valence electrons. The first-order chi connectivity index (χ1) is 17.5. The van der Waals surface area contributed by atoms with E-state index in [0.717, 1.165) is 6.42 Å². The molecule has 4 rings (SSSR count). The Bertz CT molecular complexity index is 1450. The Kier molecular flexibility index (Phi) is 8.27. The second-order valence-corrected chi connectivity index (χ2v) is 13.5. The van der Waals surface area contributed by atoms with Crippen molar-refractivity contribution < 1.29 is 16.8 Å². The zero-order chi connectivity index (χ0) is 26.8. The van der Waals surface area contributed by atoms with Crippen molar-refractivity contribution >= 4 is 37.3 Å². The van der Waals surface area contributed by atoms with Gasteiger partial charge in [0, 0.05) is 36.3 Å².